The maximum atomic E-state index is 4.38. The van der Waals surface area contributed by atoms with Crippen molar-refractivity contribution in [3.8, 4) is 0 Å². The number of hydrogen-bond acceptors (Lipinski definition) is 5. The van der Waals surface area contributed by atoms with Crippen LogP contribution in [-0.4, -0.2) is 38.3 Å². The Bertz CT molecular complexity index is 706. The van der Waals surface area contributed by atoms with Gasteiger partial charge in [-0.3, -0.25) is 9.67 Å². The molecule has 3 heterocycles. The molecule has 6 nitrogen and oxygen atoms in total. The van der Waals surface area contributed by atoms with E-state index in [1.165, 1.54) is 5.56 Å². The van der Waals surface area contributed by atoms with Crippen molar-refractivity contribution in [3.63, 3.8) is 0 Å². The lowest BCUT2D eigenvalue weighted by molar-refractivity contribution is 0.784. The normalized spacial score (nSPS) is 10.9. The largest absolute Gasteiger partial charge is 0.359 e. The molecular weight excluding hydrogens is 252 g/mol. The molecule has 0 aliphatic carbocycles. The van der Waals surface area contributed by atoms with E-state index in [2.05, 4.69) is 25.0 Å². The van der Waals surface area contributed by atoms with E-state index >= 15 is 0 Å². The third-order valence-electron chi connectivity index (χ3n) is 3.36. The Morgan fingerprint density at radius 1 is 1.20 bits per heavy atom. The second-order valence-electron chi connectivity index (χ2n) is 4.73. The second kappa shape index (κ2) is 5.24. The molecule has 0 aromatic carbocycles. The number of pyridine rings is 1. The minimum atomic E-state index is 0.853. The zero-order chi connectivity index (χ0) is 13.9. The van der Waals surface area contributed by atoms with Crippen molar-refractivity contribution >= 4 is 16.9 Å². The molecule has 0 atom stereocenters. The SMILES string of the molecule is CN(CCc1ccncc1)c1ncnc2c1cnn2C. The molecule has 102 valence electrons. The van der Waals surface area contributed by atoms with Crippen molar-refractivity contribution in [1.82, 2.24) is 24.7 Å². The van der Waals surface area contributed by atoms with Crippen LogP contribution in [0.25, 0.3) is 11.0 Å². The fourth-order valence-electron chi connectivity index (χ4n) is 2.21. The molecule has 0 spiro atoms. The van der Waals surface area contributed by atoms with E-state index in [1.54, 1.807) is 11.0 Å². The Balaban J connectivity index is 1.80. The lowest BCUT2D eigenvalue weighted by atomic mass is 10.2. The van der Waals surface area contributed by atoms with E-state index < -0.39 is 0 Å². The van der Waals surface area contributed by atoms with Gasteiger partial charge in [-0.2, -0.15) is 5.10 Å². The minimum Gasteiger partial charge on any atom is -0.359 e. The third kappa shape index (κ3) is 2.32. The van der Waals surface area contributed by atoms with Crippen LogP contribution >= 0.6 is 0 Å². The zero-order valence-corrected chi connectivity index (χ0v) is 11.6. The van der Waals surface area contributed by atoms with E-state index in [1.807, 2.05) is 44.8 Å². The second-order valence-corrected chi connectivity index (χ2v) is 4.73. The smallest absolute Gasteiger partial charge is 0.163 e. The Kier molecular flexibility index (Phi) is 3.28. The number of rotatable bonds is 4. The third-order valence-corrected chi connectivity index (χ3v) is 3.36. The fraction of sp³-hybridized carbons (Fsp3) is 0.286. The quantitative estimate of drug-likeness (QED) is 0.716. The highest BCUT2D eigenvalue weighted by Gasteiger charge is 2.11. The van der Waals surface area contributed by atoms with E-state index in [0.717, 1.165) is 29.8 Å². The highest BCUT2D eigenvalue weighted by molar-refractivity contribution is 5.86. The molecule has 0 N–H and O–H groups in total. The first-order valence-electron chi connectivity index (χ1n) is 6.48. The predicted molar refractivity (Wildman–Crippen MR) is 77.5 cm³/mol. The molecule has 3 aromatic heterocycles. The van der Waals surface area contributed by atoms with Gasteiger partial charge in [0.05, 0.1) is 11.6 Å². The van der Waals surface area contributed by atoms with Crippen LogP contribution < -0.4 is 4.90 Å². The molecule has 0 unspecified atom stereocenters. The number of aryl methyl sites for hydroxylation is 1. The van der Waals surface area contributed by atoms with Crippen LogP contribution in [0.5, 0.6) is 0 Å². The van der Waals surface area contributed by atoms with Gasteiger partial charge in [0.2, 0.25) is 0 Å². The lowest BCUT2D eigenvalue weighted by Crippen LogP contribution is -2.21. The van der Waals surface area contributed by atoms with E-state index in [0.29, 0.717) is 0 Å². The van der Waals surface area contributed by atoms with E-state index in [4.69, 9.17) is 0 Å². The van der Waals surface area contributed by atoms with Gasteiger partial charge in [0.15, 0.2) is 5.65 Å². The molecule has 0 amide bonds. The van der Waals surface area contributed by atoms with Crippen LogP contribution in [0.2, 0.25) is 0 Å². The molecule has 0 saturated carbocycles. The van der Waals surface area contributed by atoms with Crippen LogP contribution in [0, 0.1) is 0 Å². The number of likely N-dealkylation sites (N-methyl/N-ethyl adjacent to an activating group) is 1. The number of aromatic nitrogens is 5. The molecule has 0 bridgehead atoms. The van der Waals surface area contributed by atoms with Crippen molar-refractivity contribution in [2.24, 2.45) is 7.05 Å². The average molecular weight is 268 g/mol. The molecule has 0 aliphatic heterocycles. The summed E-state index contributed by atoms with van der Waals surface area (Å²) in [6.07, 6.45) is 7.99. The molecule has 20 heavy (non-hydrogen) atoms. The number of nitrogens with zero attached hydrogens (tertiary/aromatic N) is 6. The molecule has 3 aromatic rings. The Labute approximate surface area is 117 Å². The van der Waals surface area contributed by atoms with Gasteiger partial charge in [0.25, 0.3) is 0 Å². The minimum absolute atomic E-state index is 0.853. The molecule has 3 rings (SSSR count). The summed E-state index contributed by atoms with van der Waals surface area (Å²) < 4.78 is 1.76. The standard InChI is InChI=1S/C14H16N6/c1-19(8-5-11-3-6-15-7-4-11)13-12-9-18-20(2)14(12)17-10-16-13/h3-4,6-7,9-10H,5,8H2,1-2H3. The summed E-state index contributed by atoms with van der Waals surface area (Å²) in [7, 11) is 3.92. The first-order chi connectivity index (χ1) is 9.75. The van der Waals surface area contributed by atoms with Crippen molar-refractivity contribution in [3.05, 3.63) is 42.6 Å². The van der Waals surface area contributed by atoms with Gasteiger partial charge in [0, 0.05) is 33.0 Å². The monoisotopic (exact) mass is 268 g/mol. The summed E-state index contributed by atoms with van der Waals surface area (Å²) >= 11 is 0. The lowest BCUT2D eigenvalue weighted by Gasteiger charge is -2.18. The average Bonchev–Trinajstić information content (AvgIpc) is 2.87. The van der Waals surface area contributed by atoms with Crippen LogP contribution in [-0.2, 0) is 13.5 Å². The molecule has 0 radical (unpaired) electrons. The Morgan fingerprint density at radius 2 is 2.00 bits per heavy atom. The van der Waals surface area contributed by atoms with Crippen LogP contribution in [0.3, 0.4) is 0 Å². The van der Waals surface area contributed by atoms with E-state index in [-0.39, 0.29) is 0 Å². The van der Waals surface area contributed by atoms with Gasteiger partial charge in [-0.05, 0) is 24.1 Å². The summed E-state index contributed by atoms with van der Waals surface area (Å²) in [5.74, 6) is 0.914. The predicted octanol–water partition coefficient (Wildman–Crippen LogP) is 1.44. The van der Waals surface area contributed by atoms with Gasteiger partial charge >= 0.3 is 0 Å². The molecule has 0 aliphatic rings. The first kappa shape index (κ1) is 12.5. The summed E-state index contributed by atoms with van der Waals surface area (Å²) in [6.45, 7) is 0.880. The summed E-state index contributed by atoms with van der Waals surface area (Å²) in [5, 5.41) is 5.22. The molecule has 0 saturated heterocycles. The molecule has 0 fully saturated rings. The molecule has 6 heteroatoms. The van der Waals surface area contributed by atoms with Crippen LogP contribution in [0.1, 0.15) is 5.56 Å². The van der Waals surface area contributed by atoms with Crippen molar-refractivity contribution in [1.29, 1.82) is 0 Å². The molecular formula is C14H16N6. The van der Waals surface area contributed by atoms with Gasteiger partial charge < -0.3 is 4.90 Å². The first-order valence-corrected chi connectivity index (χ1v) is 6.48. The maximum absolute atomic E-state index is 4.38. The summed E-state index contributed by atoms with van der Waals surface area (Å²) in [5.41, 5.74) is 2.12. The highest BCUT2D eigenvalue weighted by atomic mass is 15.3. The zero-order valence-electron chi connectivity index (χ0n) is 11.6. The topological polar surface area (TPSA) is 59.7 Å². The number of anilines is 1. The Morgan fingerprint density at radius 3 is 2.80 bits per heavy atom. The summed E-state index contributed by atoms with van der Waals surface area (Å²) in [6, 6.07) is 4.07. The van der Waals surface area contributed by atoms with Gasteiger partial charge in [-0.15, -0.1) is 0 Å². The van der Waals surface area contributed by atoms with Crippen LogP contribution in [0.15, 0.2) is 37.1 Å². The van der Waals surface area contributed by atoms with Gasteiger partial charge in [0.1, 0.15) is 12.1 Å². The highest BCUT2D eigenvalue weighted by Crippen LogP contribution is 2.21. The van der Waals surface area contributed by atoms with Gasteiger partial charge in [-0.25, -0.2) is 9.97 Å². The van der Waals surface area contributed by atoms with E-state index in [9.17, 15) is 0 Å². The number of hydrogen-bond donors (Lipinski definition) is 0. The van der Waals surface area contributed by atoms with Crippen molar-refractivity contribution < 1.29 is 0 Å². The summed E-state index contributed by atoms with van der Waals surface area (Å²) in [4.78, 5) is 14.8. The van der Waals surface area contributed by atoms with Gasteiger partial charge in [-0.1, -0.05) is 0 Å². The van der Waals surface area contributed by atoms with Crippen LogP contribution in [0.4, 0.5) is 5.82 Å². The van der Waals surface area contributed by atoms with Crippen molar-refractivity contribution in [2.75, 3.05) is 18.5 Å². The fourth-order valence-corrected chi connectivity index (χ4v) is 2.21. The number of fused-ring (bicyclic) bond motifs is 1. The Hall–Kier alpha value is -2.50. The maximum Gasteiger partial charge on any atom is 0.163 e. The van der Waals surface area contributed by atoms with Crippen molar-refractivity contribution in [2.45, 2.75) is 6.42 Å².